The molecular formula is C41H51N11O7. The second-order valence-corrected chi connectivity index (χ2v) is 13.8. The van der Waals surface area contributed by atoms with Crippen LogP contribution in [0.5, 0.6) is 0 Å². The topological polar surface area (TPSA) is 289 Å². The maximum atomic E-state index is 14.2. The first-order valence-corrected chi connectivity index (χ1v) is 19.0. The van der Waals surface area contributed by atoms with E-state index in [0.29, 0.717) is 11.1 Å². The summed E-state index contributed by atoms with van der Waals surface area (Å²) in [6, 6.07) is 21.5. The first-order chi connectivity index (χ1) is 28.3. The molecule has 4 aromatic rings. The van der Waals surface area contributed by atoms with Crippen molar-refractivity contribution in [3.8, 4) is 0 Å². The monoisotopic (exact) mass is 809 g/mol. The van der Waals surface area contributed by atoms with Gasteiger partial charge in [0.1, 0.15) is 18.1 Å². The number of carbonyl (C=O) groups excluding carboxylic acids is 7. The molecule has 1 aromatic heterocycles. The highest BCUT2D eigenvalue weighted by molar-refractivity contribution is 5.96. The Bertz CT molecular complexity index is 2100. The number of benzene rings is 3. The van der Waals surface area contributed by atoms with Gasteiger partial charge in [0, 0.05) is 50.0 Å². The molecule has 3 atom stereocenters. The highest BCUT2D eigenvalue weighted by Crippen LogP contribution is 2.19. The zero-order chi connectivity index (χ0) is 42.7. The summed E-state index contributed by atoms with van der Waals surface area (Å²) in [4.78, 5) is 100. The van der Waals surface area contributed by atoms with Crippen LogP contribution in [0.2, 0.25) is 0 Å². The molecule has 4 rings (SSSR count). The summed E-state index contributed by atoms with van der Waals surface area (Å²) in [5.74, 6) is -4.71. The average molecular weight is 810 g/mol. The van der Waals surface area contributed by atoms with Crippen molar-refractivity contribution in [3.63, 3.8) is 0 Å². The zero-order valence-electron chi connectivity index (χ0n) is 32.7. The molecule has 0 bridgehead atoms. The van der Waals surface area contributed by atoms with Gasteiger partial charge in [-0.25, -0.2) is 0 Å². The summed E-state index contributed by atoms with van der Waals surface area (Å²) < 4.78 is 0. The molecule has 18 nitrogen and oxygen atoms in total. The van der Waals surface area contributed by atoms with E-state index in [4.69, 9.17) is 17.2 Å². The van der Waals surface area contributed by atoms with E-state index in [-0.39, 0.29) is 51.3 Å². The number of aromatic amines is 1. The van der Waals surface area contributed by atoms with Crippen LogP contribution < -0.4 is 43.8 Å². The van der Waals surface area contributed by atoms with Crippen LogP contribution in [-0.2, 0) is 52.9 Å². The summed E-state index contributed by atoms with van der Waals surface area (Å²) in [6.45, 7) is 0.165. The van der Waals surface area contributed by atoms with Gasteiger partial charge in [-0.1, -0.05) is 78.9 Å². The molecule has 12 N–H and O–H groups in total. The Labute approximate surface area is 341 Å². The molecular weight excluding hydrogens is 759 g/mol. The van der Waals surface area contributed by atoms with E-state index in [1.165, 1.54) is 11.8 Å². The fourth-order valence-electron chi connectivity index (χ4n) is 6.16. The molecule has 7 amide bonds. The SMILES string of the molecule is CC(=O)NCC(=O)N(CC(=O)N[C@H](Cc1ccccc1)C(=O)N[C@@H](CCCN=C(N)N)C(=O)N[C@@H](Cc1c[nH]c2ccccc12)C(=O)NCC(N)=O)Cc1ccccc1. The molecule has 312 valence electrons. The third-order valence-electron chi connectivity index (χ3n) is 9.07. The second kappa shape index (κ2) is 22.5. The van der Waals surface area contributed by atoms with Crippen LogP contribution in [0.3, 0.4) is 0 Å². The number of para-hydroxylation sites is 1. The lowest BCUT2D eigenvalue weighted by molar-refractivity contribution is -0.138. The van der Waals surface area contributed by atoms with E-state index in [2.05, 4.69) is 36.6 Å². The number of nitrogens with one attached hydrogen (secondary N) is 6. The van der Waals surface area contributed by atoms with E-state index in [1.54, 1.807) is 60.8 Å². The Kier molecular flexibility index (Phi) is 17.0. The Morgan fingerprint density at radius 3 is 1.97 bits per heavy atom. The summed E-state index contributed by atoms with van der Waals surface area (Å²) >= 11 is 0. The van der Waals surface area contributed by atoms with Crippen molar-refractivity contribution in [2.45, 2.75) is 57.3 Å². The fourth-order valence-corrected chi connectivity index (χ4v) is 6.16. The lowest BCUT2D eigenvalue weighted by atomic mass is 10.0. The molecule has 0 radical (unpaired) electrons. The van der Waals surface area contributed by atoms with Crippen molar-refractivity contribution >= 4 is 58.2 Å². The van der Waals surface area contributed by atoms with Gasteiger partial charge in [-0.05, 0) is 35.6 Å². The Morgan fingerprint density at radius 1 is 0.695 bits per heavy atom. The highest BCUT2D eigenvalue weighted by Gasteiger charge is 2.31. The van der Waals surface area contributed by atoms with Gasteiger partial charge in [0.05, 0.1) is 19.6 Å². The van der Waals surface area contributed by atoms with E-state index in [1.807, 2.05) is 30.3 Å². The number of carbonyl (C=O) groups is 7. The summed E-state index contributed by atoms with van der Waals surface area (Å²) in [5, 5.41) is 13.9. The number of aromatic nitrogens is 1. The second-order valence-electron chi connectivity index (χ2n) is 13.8. The van der Waals surface area contributed by atoms with Gasteiger partial charge >= 0.3 is 0 Å². The van der Waals surface area contributed by atoms with Crippen molar-refractivity contribution in [1.82, 2.24) is 36.5 Å². The lowest BCUT2D eigenvalue weighted by Crippen LogP contribution is -2.58. The van der Waals surface area contributed by atoms with Gasteiger partial charge in [0.15, 0.2) is 5.96 Å². The number of aliphatic imine (C=N–C) groups is 1. The quantitative estimate of drug-likeness (QED) is 0.0273. The maximum absolute atomic E-state index is 14.2. The highest BCUT2D eigenvalue weighted by atomic mass is 16.2. The number of hydrogen-bond donors (Lipinski definition) is 9. The van der Waals surface area contributed by atoms with Crippen molar-refractivity contribution < 1.29 is 33.6 Å². The van der Waals surface area contributed by atoms with E-state index in [9.17, 15) is 33.6 Å². The van der Waals surface area contributed by atoms with Gasteiger partial charge in [0.25, 0.3) is 0 Å². The predicted octanol–water partition coefficient (Wildman–Crippen LogP) is -0.772. The van der Waals surface area contributed by atoms with Gasteiger partial charge < -0.3 is 53.7 Å². The number of rotatable bonds is 22. The van der Waals surface area contributed by atoms with Crippen LogP contribution in [0.4, 0.5) is 0 Å². The molecule has 18 heteroatoms. The standard InChI is InChI=1S/C41H51N11O7/c1-26(53)46-23-37(56)52(24-28-13-6-3-7-14-28)25-36(55)49-33(19-27-11-4-2-5-12-27)40(59)50-32(17-10-18-45-41(43)44)39(58)51-34(38(57)48-22-35(42)54)20-29-21-47-31-16-9-8-15-30(29)31/h2-9,11-16,21,32-34,47H,10,17-20,22-25H2,1H3,(H2,42,54)(H,46,53)(H,48,57)(H,49,55)(H,50,59)(H,51,58)(H4,43,44,45)/t32-,33+,34-/m0/s1. The van der Waals surface area contributed by atoms with Crippen LogP contribution in [0.15, 0.2) is 96.1 Å². The molecule has 59 heavy (non-hydrogen) atoms. The zero-order valence-corrected chi connectivity index (χ0v) is 32.7. The number of nitrogens with two attached hydrogens (primary N) is 3. The number of fused-ring (bicyclic) bond motifs is 1. The molecule has 0 spiro atoms. The normalized spacial score (nSPS) is 12.2. The average Bonchev–Trinajstić information content (AvgIpc) is 3.62. The lowest BCUT2D eigenvalue weighted by Gasteiger charge is -2.27. The summed E-state index contributed by atoms with van der Waals surface area (Å²) in [7, 11) is 0. The van der Waals surface area contributed by atoms with Crippen LogP contribution >= 0.6 is 0 Å². The molecule has 0 saturated carbocycles. The van der Waals surface area contributed by atoms with E-state index >= 15 is 0 Å². The first-order valence-electron chi connectivity index (χ1n) is 19.0. The third kappa shape index (κ3) is 15.0. The molecule has 0 aliphatic heterocycles. The number of primary amides is 1. The predicted molar refractivity (Wildman–Crippen MR) is 221 cm³/mol. The number of H-pyrrole nitrogens is 1. The minimum Gasteiger partial charge on any atom is -0.370 e. The third-order valence-corrected chi connectivity index (χ3v) is 9.07. The maximum Gasteiger partial charge on any atom is 0.243 e. The van der Waals surface area contributed by atoms with E-state index < -0.39 is 72.6 Å². The van der Waals surface area contributed by atoms with Gasteiger partial charge in [0.2, 0.25) is 41.4 Å². The number of nitrogens with zero attached hydrogens (tertiary/aromatic N) is 2. The van der Waals surface area contributed by atoms with Crippen molar-refractivity contribution in [1.29, 1.82) is 0 Å². The van der Waals surface area contributed by atoms with Crippen LogP contribution in [0.25, 0.3) is 10.9 Å². The number of hydrogen-bond acceptors (Lipinski definition) is 8. The molecule has 0 aliphatic carbocycles. The first kappa shape index (κ1) is 44.5. The Balaban J connectivity index is 1.59. The molecule has 0 saturated heterocycles. The molecule has 1 heterocycles. The minimum atomic E-state index is -1.25. The van der Waals surface area contributed by atoms with Gasteiger partial charge in [-0.2, -0.15) is 0 Å². The molecule has 0 unspecified atom stereocenters. The molecule has 3 aromatic carbocycles. The summed E-state index contributed by atoms with van der Waals surface area (Å²) in [5.41, 5.74) is 19.2. The smallest absolute Gasteiger partial charge is 0.243 e. The van der Waals surface area contributed by atoms with Gasteiger partial charge in [-0.3, -0.25) is 38.6 Å². The summed E-state index contributed by atoms with van der Waals surface area (Å²) in [6.07, 6.45) is 1.99. The van der Waals surface area contributed by atoms with E-state index in [0.717, 1.165) is 16.5 Å². The molecule has 0 aliphatic rings. The number of guanidine groups is 1. The Morgan fingerprint density at radius 2 is 1.31 bits per heavy atom. The van der Waals surface area contributed by atoms with Crippen molar-refractivity contribution in [3.05, 3.63) is 108 Å². The van der Waals surface area contributed by atoms with Gasteiger partial charge in [-0.15, -0.1) is 0 Å². The molecule has 0 fully saturated rings. The fraction of sp³-hybridized carbons (Fsp3) is 0.317. The Hall–Kier alpha value is -7.24. The minimum absolute atomic E-state index is 0.0119. The van der Waals surface area contributed by atoms with Crippen molar-refractivity contribution in [2.24, 2.45) is 22.2 Å². The largest absolute Gasteiger partial charge is 0.370 e. The van der Waals surface area contributed by atoms with Crippen LogP contribution in [0, 0.1) is 0 Å². The van der Waals surface area contributed by atoms with Crippen LogP contribution in [0.1, 0.15) is 36.5 Å². The number of amides is 7. The van der Waals surface area contributed by atoms with Crippen molar-refractivity contribution in [2.75, 3.05) is 26.2 Å². The van der Waals surface area contributed by atoms with Crippen LogP contribution in [-0.4, -0.2) is 101 Å².